The van der Waals surface area contributed by atoms with E-state index in [9.17, 15) is 20.1 Å². The maximum absolute atomic E-state index is 12.3. The molecule has 0 saturated heterocycles. The van der Waals surface area contributed by atoms with Crippen molar-refractivity contribution in [1.82, 2.24) is 5.32 Å². The number of aliphatic hydroxyl groups is 1. The average Bonchev–Trinajstić information content (AvgIpc) is 3.27. The number of aliphatic hydroxyl groups excluding tert-OH is 1. The molecule has 1 aliphatic heterocycles. The fraction of sp³-hybridized carbons (Fsp3) is 0.250. The highest BCUT2D eigenvalue weighted by molar-refractivity contribution is 5.91. The molecular formula is C28H29NO7. The number of phenols is 2. The SMILES string of the molecule is COc1cc([C@H]2Oc3c(OC)cc(/C=C/C(=O)NCCc4ccc(O)cc4)cc3[C@H]2CO)ccc1O. The fourth-order valence-electron chi connectivity index (χ4n) is 4.26. The van der Waals surface area contributed by atoms with E-state index in [0.29, 0.717) is 30.2 Å². The molecule has 1 amide bonds. The zero-order valence-corrected chi connectivity index (χ0v) is 20.1. The van der Waals surface area contributed by atoms with Gasteiger partial charge in [-0.25, -0.2) is 0 Å². The topological polar surface area (TPSA) is 117 Å². The summed E-state index contributed by atoms with van der Waals surface area (Å²) in [6, 6.07) is 15.4. The number of phenolic OH excluding ortho intramolecular Hbond substituents is 2. The van der Waals surface area contributed by atoms with Gasteiger partial charge < -0.3 is 34.8 Å². The average molecular weight is 492 g/mol. The van der Waals surface area contributed by atoms with Gasteiger partial charge in [-0.1, -0.05) is 18.2 Å². The van der Waals surface area contributed by atoms with Crippen LogP contribution in [-0.4, -0.2) is 48.6 Å². The first-order valence-corrected chi connectivity index (χ1v) is 11.5. The summed E-state index contributed by atoms with van der Waals surface area (Å²) in [5.41, 5.74) is 3.25. The number of nitrogens with one attached hydrogen (secondary N) is 1. The van der Waals surface area contributed by atoms with Crippen LogP contribution in [0.1, 0.15) is 34.3 Å². The van der Waals surface area contributed by atoms with Crippen molar-refractivity contribution in [3.05, 3.63) is 82.9 Å². The minimum atomic E-state index is -0.504. The molecule has 0 spiro atoms. The van der Waals surface area contributed by atoms with Crippen LogP contribution in [0.3, 0.4) is 0 Å². The third-order valence-corrected chi connectivity index (χ3v) is 6.14. The molecule has 4 rings (SSSR count). The fourth-order valence-corrected chi connectivity index (χ4v) is 4.26. The molecule has 36 heavy (non-hydrogen) atoms. The standard InChI is InChI=1S/C28H29NO7/c1-34-24-15-19(6-9-23(24)32)27-22(16-30)21-13-18(14-25(35-2)28(21)36-27)5-10-26(33)29-12-11-17-3-7-20(31)8-4-17/h3-10,13-15,22,27,30-32H,11-12,16H2,1-2H3,(H,29,33)/b10-5+/t22-,27-/m1/s1. The first-order chi connectivity index (χ1) is 17.4. The lowest BCUT2D eigenvalue weighted by molar-refractivity contribution is -0.116. The number of ether oxygens (including phenoxy) is 3. The quantitative estimate of drug-likeness (QED) is 0.337. The van der Waals surface area contributed by atoms with E-state index in [1.54, 1.807) is 36.4 Å². The Balaban J connectivity index is 1.49. The summed E-state index contributed by atoms with van der Waals surface area (Å²) >= 11 is 0. The second-order valence-electron chi connectivity index (χ2n) is 8.44. The van der Waals surface area contributed by atoms with Gasteiger partial charge in [0.25, 0.3) is 0 Å². The summed E-state index contributed by atoms with van der Waals surface area (Å²) < 4.78 is 17.0. The summed E-state index contributed by atoms with van der Waals surface area (Å²) in [5, 5.41) is 32.3. The van der Waals surface area contributed by atoms with Gasteiger partial charge in [-0.2, -0.15) is 0 Å². The Hall–Kier alpha value is -4.17. The van der Waals surface area contributed by atoms with Gasteiger partial charge in [0.05, 0.1) is 26.7 Å². The highest BCUT2D eigenvalue weighted by atomic mass is 16.5. The summed E-state index contributed by atoms with van der Waals surface area (Å²) in [4.78, 5) is 12.3. The van der Waals surface area contributed by atoms with Gasteiger partial charge >= 0.3 is 0 Å². The Labute approximate surface area is 209 Å². The van der Waals surface area contributed by atoms with Gasteiger partial charge in [-0.3, -0.25) is 4.79 Å². The predicted molar refractivity (Wildman–Crippen MR) is 135 cm³/mol. The number of fused-ring (bicyclic) bond motifs is 1. The minimum absolute atomic E-state index is 0.0173. The Kier molecular flexibility index (Phi) is 7.65. The zero-order valence-electron chi connectivity index (χ0n) is 20.1. The van der Waals surface area contributed by atoms with Crippen LogP contribution >= 0.6 is 0 Å². The number of carbonyl (C=O) groups is 1. The molecule has 0 saturated carbocycles. The molecule has 2 atom stereocenters. The zero-order chi connectivity index (χ0) is 25.7. The minimum Gasteiger partial charge on any atom is -0.508 e. The van der Waals surface area contributed by atoms with E-state index >= 15 is 0 Å². The molecule has 3 aromatic rings. The summed E-state index contributed by atoms with van der Waals surface area (Å²) in [6.45, 7) is 0.286. The molecule has 4 N–H and O–H groups in total. The Bertz CT molecular complexity index is 1250. The van der Waals surface area contributed by atoms with Crippen LogP contribution < -0.4 is 19.5 Å². The molecule has 0 aromatic heterocycles. The number of benzene rings is 3. The van der Waals surface area contributed by atoms with Gasteiger partial charge in [0, 0.05) is 18.2 Å². The first kappa shape index (κ1) is 24.9. The predicted octanol–water partition coefficient (Wildman–Crippen LogP) is 3.70. The Morgan fingerprint density at radius 1 is 1.03 bits per heavy atom. The second kappa shape index (κ2) is 11.0. The maximum Gasteiger partial charge on any atom is 0.244 e. The molecule has 1 aliphatic rings. The smallest absolute Gasteiger partial charge is 0.244 e. The normalized spacial score (nSPS) is 16.4. The Morgan fingerprint density at radius 3 is 2.47 bits per heavy atom. The second-order valence-corrected chi connectivity index (χ2v) is 8.44. The number of rotatable bonds is 9. The van der Waals surface area contributed by atoms with E-state index < -0.39 is 6.10 Å². The van der Waals surface area contributed by atoms with Crippen LogP contribution in [-0.2, 0) is 11.2 Å². The molecule has 0 aliphatic carbocycles. The van der Waals surface area contributed by atoms with Crippen molar-refractivity contribution in [1.29, 1.82) is 0 Å². The molecule has 8 nitrogen and oxygen atoms in total. The molecule has 8 heteroatoms. The molecule has 0 radical (unpaired) electrons. The third kappa shape index (κ3) is 5.39. The van der Waals surface area contributed by atoms with Crippen LogP contribution in [0.15, 0.2) is 60.7 Å². The van der Waals surface area contributed by atoms with Crippen LogP contribution in [0.5, 0.6) is 28.7 Å². The van der Waals surface area contributed by atoms with Crippen LogP contribution in [0, 0.1) is 0 Å². The lowest BCUT2D eigenvalue weighted by atomic mass is 9.90. The van der Waals surface area contributed by atoms with Crippen molar-refractivity contribution in [3.8, 4) is 28.7 Å². The Morgan fingerprint density at radius 2 is 1.78 bits per heavy atom. The number of methoxy groups -OCH3 is 2. The third-order valence-electron chi connectivity index (χ3n) is 6.14. The van der Waals surface area contributed by atoms with Gasteiger partial charge in [0.2, 0.25) is 5.91 Å². The van der Waals surface area contributed by atoms with Crippen LogP contribution in [0.25, 0.3) is 6.08 Å². The molecule has 188 valence electrons. The molecule has 0 bridgehead atoms. The number of hydrogen-bond acceptors (Lipinski definition) is 7. The molecule has 1 heterocycles. The maximum atomic E-state index is 12.3. The monoisotopic (exact) mass is 491 g/mol. The molecular weight excluding hydrogens is 462 g/mol. The van der Waals surface area contributed by atoms with Gasteiger partial charge in [0.1, 0.15) is 11.9 Å². The van der Waals surface area contributed by atoms with Crippen molar-refractivity contribution in [2.45, 2.75) is 18.4 Å². The van der Waals surface area contributed by atoms with Crippen molar-refractivity contribution in [2.24, 2.45) is 0 Å². The van der Waals surface area contributed by atoms with E-state index in [4.69, 9.17) is 14.2 Å². The van der Waals surface area contributed by atoms with Crippen molar-refractivity contribution < 1.29 is 34.3 Å². The highest BCUT2D eigenvalue weighted by Gasteiger charge is 2.37. The summed E-state index contributed by atoms with van der Waals surface area (Å²) in [5.74, 6) is 0.946. The number of carbonyl (C=O) groups excluding carboxylic acids is 1. The van der Waals surface area contributed by atoms with Gasteiger partial charge in [-0.05, 0) is 65.6 Å². The van der Waals surface area contributed by atoms with Crippen LogP contribution in [0.2, 0.25) is 0 Å². The van der Waals surface area contributed by atoms with Crippen molar-refractivity contribution in [3.63, 3.8) is 0 Å². The highest BCUT2D eigenvalue weighted by Crippen LogP contribution is 2.51. The van der Waals surface area contributed by atoms with Gasteiger partial charge in [0.15, 0.2) is 23.0 Å². The number of amides is 1. The lowest BCUT2D eigenvalue weighted by Gasteiger charge is -2.18. The van der Waals surface area contributed by atoms with Crippen molar-refractivity contribution >= 4 is 12.0 Å². The summed E-state index contributed by atoms with van der Waals surface area (Å²) in [7, 11) is 3.01. The summed E-state index contributed by atoms with van der Waals surface area (Å²) in [6.07, 6.45) is 3.27. The number of hydrogen-bond donors (Lipinski definition) is 4. The molecule has 0 fully saturated rings. The number of aromatic hydroxyl groups is 2. The molecule has 0 unspecified atom stereocenters. The van der Waals surface area contributed by atoms with Gasteiger partial charge in [-0.15, -0.1) is 0 Å². The molecule has 3 aromatic carbocycles. The first-order valence-electron chi connectivity index (χ1n) is 11.5. The van der Waals surface area contributed by atoms with Crippen molar-refractivity contribution in [2.75, 3.05) is 27.4 Å². The van der Waals surface area contributed by atoms with E-state index in [1.807, 2.05) is 18.2 Å². The van der Waals surface area contributed by atoms with E-state index in [1.165, 1.54) is 26.4 Å². The largest absolute Gasteiger partial charge is 0.508 e. The van der Waals surface area contributed by atoms with E-state index in [2.05, 4.69) is 5.32 Å². The van der Waals surface area contributed by atoms with E-state index in [0.717, 1.165) is 22.3 Å². The van der Waals surface area contributed by atoms with E-state index in [-0.39, 0.29) is 29.9 Å². The van der Waals surface area contributed by atoms with Crippen LogP contribution in [0.4, 0.5) is 0 Å². The lowest BCUT2D eigenvalue weighted by Crippen LogP contribution is -2.23.